The molecule has 0 spiro atoms. The predicted octanol–water partition coefficient (Wildman–Crippen LogP) is 3.24. The van der Waals surface area contributed by atoms with E-state index < -0.39 is 50.4 Å². The van der Waals surface area contributed by atoms with E-state index in [1.54, 1.807) is 0 Å². The number of benzene rings is 2. The van der Waals surface area contributed by atoms with Gasteiger partial charge in [-0.05, 0) is 12.1 Å². The standard InChI is InChI=1S/C16H10F4N2O3S/c17-8-3-9(18)5-10(4-8)25-12-1-2-13-14(15(12)16(19)20)11(23)6-26(13,24)22-7-21/h1-7,16H,(H2,21,22,24). The fraction of sp³-hybridized carbons (Fsp3) is 0.0625. The number of carbonyl (C=O) groups is 1. The highest BCUT2D eigenvalue weighted by atomic mass is 32.2. The van der Waals surface area contributed by atoms with Gasteiger partial charge in [-0.2, -0.15) is 4.40 Å². The second-order valence-corrected chi connectivity index (χ2v) is 7.19. The van der Waals surface area contributed by atoms with Gasteiger partial charge in [0, 0.05) is 18.2 Å². The van der Waals surface area contributed by atoms with E-state index in [9.17, 15) is 26.6 Å². The van der Waals surface area contributed by atoms with Crippen molar-refractivity contribution in [3.8, 4) is 11.5 Å². The molecule has 1 aliphatic rings. The van der Waals surface area contributed by atoms with Crippen molar-refractivity contribution >= 4 is 27.2 Å². The first kappa shape index (κ1) is 17.9. The van der Waals surface area contributed by atoms with E-state index in [0.717, 1.165) is 24.3 Å². The van der Waals surface area contributed by atoms with Crippen LogP contribution in [0.1, 0.15) is 22.3 Å². The molecule has 1 aliphatic heterocycles. The number of fused-ring (bicyclic) bond motifs is 1. The Morgan fingerprint density at radius 3 is 2.38 bits per heavy atom. The van der Waals surface area contributed by atoms with Crippen LogP contribution >= 0.6 is 0 Å². The van der Waals surface area contributed by atoms with Crippen LogP contribution in [0.5, 0.6) is 11.5 Å². The maximum absolute atomic E-state index is 13.6. The number of nitrogens with two attached hydrogens (primary N) is 1. The van der Waals surface area contributed by atoms with Crippen molar-refractivity contribution in [2.24, 2.45) is 10.1 Å². The Balaban J connectivity index is 2.17. The second-order valence-electron chi connectivity index (χ2n) is 5.16. The lowest BCUT2D eigenvalue weighted by molar-refractivity contribution is 0.105. The average Bonchev–Trinajstić information content (AvgIpc) is 2.77. The van der Waals surface area contributed by atoms with Gasteiger partial charge in [0.1, 0.15) is 32.8 Å². The molecule has 0 saturated heterocycles. The molecule has 5 nitrogen and oxygen atoms in total. The van der Waals surface area contributed by atoms with Crippen LogP contribution in [-0.4, -0.2) is 21.7 Å². The van der Waals surface area contributed by atoms with Crippen molar-refractivity contribution in [3.63, 3.8) is 0 Å². The van der Waals surface area contributed by atoms with Crippen molar-refractivity contribution in [2.75, 3.05) is 0 Å². The van der Waals surface area contributed by atoms with Gasteiger partial charge >= 0.3 is 0 Å². The van der Waals surface area contributed by atoms with Crippen LogP contribution < -0.4 is 10.5 Å². The Labute approximate surface area is 145 Å². The van der Waals surface area contributed by atoms with Crippen molar-refractivity contribution in [1.82, 2.24) is 0 Å². The molecule has 1 unspecified atom stereocenters. The highest BCUT2D eigenvalue weighted by molar-refractivity contribution is 8.02. The van der Waals surface area contributed by atoms with Gasteiger partial charge in [0.2, 0.25) is 0 Å². The summed E-state index contributed by atoms with van der Waals surface area (Å²) in [5, 5.41) is 0.707. The number of alkyl halides is 2. The van der Waals surface area contributed by atoms with E-state index in [-0.39, 0.29) is 10.6 Å². The van der Waals surface area contributed by atoms with E-state index in [0.29, 0.717) is 17.8 Å². The Morgan fingerprint density at radius 1 is 1.15 bits per heavy atom. The van der Waals surface area contributed by atoms with Gasteiger partial charge in [-0.25, -0.2) is 21.8 Å². The minimum absolute atomic E-state index is 0.225. The fourth-order valence-corrected chi connectivity index (χ4v) is 4.20. The van der Waals surface area contributed by atoms with Gasteiger partial charge in [-0.1, -0.05) is 0 Å². The van der Waals surface area contributed by atoms with Crippen molar-refractivity contribution in [3.05, 3.63) is 53.1 Å². The normalized spacial score (nSPS) is 19.0. The first-order valence-electron chi connectivity index (χ1n) is 7.03. The van der Waals surface area contributed by atoms with Crippen molar-refractivity contribution in [1.29, 1.82) is 0 Å². The van der Waals surface area contributed by atoms with E-state index in [4.69, 9.17) is 10.5 Å². The first-order valence-corrected chi connectivity index (χ1v) is 8.61. The number of nitrogens with zero attached hydrogens (tertiary/aromatic N) is 1. The number of ether oxygens (including phenoxy) is 1. The van der Waals surface area contributed by atoms with Gasteiger partial charge in [0.05, 0.1) is 27.7 Å². The molecular weight excluding hydrogens is 376 g/mol. The maximum Gasteiger partial charge on any atom is 0.268 e. The molecule has 2 aromatic rings. The van der Waals surface area contributed by atoms with Crippen LogP contribution in [0, 0.1) is 11.6 Å². The summed E-state index contributed by atoms with van der Waals surface area (Å²) in [6, 6.07) is 4.33. The molecule has 3 rings (SSSR count). The molecular formula is C16H10F4N2O3S. The molecule has 0 saturated carbocycles. The summed E-state index contributed by atoms with van der Waals surface area (Å²) in [6.45, 7) is 0. The first-order chi connectivity index (χ1) is 12.2. The lowest BCUT2D eigenvalue weighted by Crippen LogP contribution is -2.05. The number of rotatable bonds is 4. The highest BCUT2D eigenvalue weighted by Gasteiger charge is 2.34. The van der Waals surface area contributed by atoms with E-state index >= 15 is 0 Å². The summed E-state index contributed by atoms with van der Waals surface area (Å²) in [7, 11) is -3.41. The number of hydrogen-bond donors (Lipinski definition) is 1. The molecule has 0 aromatic heterocycles. The average molecular weight is 386 g/mol. The van der Waals surface area contributed by atoms with E-state index in [1.165, 1.54) is 0 Å². The molecule has 136 valence electrons. The van der Waals surface area contributed by atoms with Gasteiger partial charge < -0.3 is 10.5 Å². The monoisotopic (exact) mass is 386 g/mol. The summed E-state index contributed by atoms with van der Waals surface area (Å²) in [6.07, 6.45) is -2.47. The predicted molar refractivity (Wildman–Crippen MR) is 87.3 cm³/mol. The van der Waals surface area contributed by atoms with Crippen LogP contribution in [0.25, 0.3) is 0 Å². The molecule has 0 fully saturated rings. The second kappa shape index (κ2) is 6.45. The summed E-state index contributed by atoms with van der Waals surface area (Å²) in [5.41, 5.74) is 3.74. The van der Waals surface area contributed by atoms with E-state index in [2.05, 4.69) is 4.40 Å². The Morgan fingerprint density at radius 2 is 1.81 bits per heavy atom. The third-order valence-corrected chi connectivity index (χ3v) is 5.43. The molecule has 1 heterocycles. The van der Waals surface area contributed by atoms with Gasteiger partial charge in [-0.3, -0.25) is 4.79 Å². The van der Waals surface area contributed by atoms with Crippen molar-refractivity contribution in [2.45, 2.75) is 11.3 Å². The molecule has 2 aromatic carbocycles. The Hall–Kier alpha value is -2.88. The third-order valence-electron chi connectivity index (χ3n) is 3.50. The zero-order valence-corrected chi connectivity index (χ0v) is 13.6. The molecule has 1 atom stereocenters. The summed E-state index contributed by atoms with van der Waals surface area (Å²) < 4.78 is 75.0. The molecule has 26 heavy (non-hydrogen) atoms. The summed E-state index contributed by atoms with van der Waals surface area (Å²) in [4.78, 5) is 11.9. The zero-order valence-electron chi connectivity index (χ0n) is 12.8. The quantitative estimate of drug-likeness (QED) is 0.379. The summed E-state index contributed by atoms with van der Waals surface area (Å²) >= 11 is 0. The number of halogens is 4. The van der Waals surface area contributed by atoms with Crippen LogP contribution in [0.15, 0.2) is 39.6 Å². The van der Waals surface area contributed by atoms with Gasteiger partial charge in [0.25, 0.3) is 6.43 Å². The molecule has 0 radical (unpaired) electrons. The fourth-order valence-electron chi connectivity index (χ4n) is 2.54. The van der Waals surface area contributed by atoms with Crippen LogP contribution in [0.2, 0.25) is 0 Å². The minimum atomic E-state index is -3.41. The molecule has 0 amide bonds. The van der Waals surface area contributed by atoms with Crippen LogP contribution in [-0.2, 0) is 9.71 Å². The minimum Gasteiger partial charge on any atom is -0.457 e. The smallest absolute Gasteiger partial charge is 0.268 e. The third kappa shape index (κ3) is 3.03. The molecule has 10 heteroatoms. The summed E-state index contributed by atoms with van der Waals surface area (Å²) in [5.74, 6) is -3.74. The lowest BCUT2D eigenvalue weighted by Gasteiger charge is -2.15. The Kier molecular flexibility index (Phi) is 4.45. The molecule has 0 bridgehead atoms. The van der Waals surface area contributed by atoms with Crippen molar-refractivity contribution < 1.29 is 31.3 Å². The number of ketones is 1. The highest BCUT2D eigenvalue weighted by Crippen LogP contribution is 2.40. The SMILES string of the molecule is NC=NS1(=O)=CC(=O)c2c1ccc(Oc1cc(F)cc(F)c1)c2C(F)F. The number of hydrogen-bond acceptors (Lipinski definition) is 3. The topological polar surface area (TPSA) is 81.8 Å². The van der Waals surface area contributed by atoms with Crippen LogP contribution in [0.4, 0.5) is 17.6 Å². The largest absolute Gasteiger partial charge is 0.457 e. The maximum atomic E-state index is 13.6. The number of carbonyl (C=O) groups excluding carboxylic acids is 1. The van der Waals surface area contributed by atoms with Gasteiger partial charge in [-0.15, -0.1) is 0 Å². The molecule has 2 N–H and O–H groups in total. The molecule has 0 aliphatic carbocycles. The lowest BCUT2D eigenvalue weighted by atomic mass is 10.0. The zero-order chi connectivity index (χ0) is 19.1. The Bertz CT molecular complexity index is 1040. The van der Waals surface area contributed by atoms with Crippen LogP contribution in [0.3, 0.4) is 0 Å². The number of Topliss-reactive ketones (excluding diaryl/α,β-unsaturated/α-hetero) is 1. The van der Waals surface area contributed by atoms with E-state index in [1.807, 2.05) is 0 Å². The van der Waals surface area contributed by atoms with Gasteiger partial charge in [0.15, 0.2) is 5.78 Å².